The summed E-state index contributed by atoms with van der Waals surface area (Å²) in [5.74, 6) is 0. The fourth-order valence-corrected chi connectivity index (χ4v) is 4.89. The highest BCUT2D eigenvalue weighted by Gasteiger charge is 2.33. The number of aromatic amines is 1. The average Bonchev–Trinajstić information content (AvgIpc) is 3.07. The first kappa shape index (κ1) is 14.6. The van der Waals surface area contributed by atoms with Crippen molar-refractivity contribution in [2.24, 2.45) is 0 Å². The number of ether oxygens (including phenoxy) is 1. The molecular weight excluding hydrogens is 336 g/mol. The molecule has 0 saturated carbocycles. The van der Waals surface area contributed by atoms with E-state index in [4.69, 9.17) is 21.9 Å². The Morgan fingerprint density at radius 3 is 3.09 bits per heavy atom. The smallest absolute Gasteiger partial charge is 0.201 e. The summed E-state index contributed by atoms with van der Waals surface area (Å²) in [6, 6.07) is 0. The summed E-state index contributed by atoms with van der Waals surface area (Å²) in [6.45, 7) is 5.01. The highest BCUT2D eigenvalue weighted by Crippen LogP contribution is 2.41. The number of nitrogens with one attached hydrogen (secondary N) is 1. The Morgan fingerprint density at radius 1 is 1.55 bits per heavy atom. The van der Waals surface area contributed by atoms with Crippen LogP contribution in [-0.4, -0.2) is 31.4 Å². The van der Waals surface area contributed by atoms with Crippen molar-refractivity contribution in [3.63, 3.8) is 0 Å². The zero-order chi connectivity index (χ0) is 15.5. The second kappa shape index (κ2) is 5.02. The third-order valence-electron chi connectivity index (χ3n) is 4.39. The maximum absolute atomic E-state index is 6.07. The predicted octanol–water partition coefficient (Wildman–Crippen LogP) is 3.96. The van der Waals surface area contributed by atoms with Crippen LogP contribution in [0.1, 0.15) is 30.7 Å². The Morgan fingerprint density at radius 2 is 2.36 bits per heavy atom. The fraction of sp³-hybridized carbons (Fsp3) is 0.500. The number of fused-ring (bicyclic) bond motifs is 5. The van der Waals surface area contributed by atoms with E-state index in [1.165, 1.54) is 10.4 Å². The van der Waals surface area contributed by atoms with E-state index in [1.54, 1.807) is 23.1 Å². The van der Waals surface area contributed by atoms with Crippen LogP contribution >= 0.6 is 35.3 Å². The van der Waals surface area contributed by atoms with Gasteiger partial charge in [-0.2, -0.15) is 5.10 Å². The molecule has 1 unspecified atom stereocenters. The van der Waals surface area contributed by atoms with Crippen molar-refractivity contribution in [3.05, 3.63) is 15.2 Å². The minimum atomic E-state index is -0.108. The third kappa shape index (κ3) is 1.97. The normalized spacial score (nSPS) is 21.6. The van der Waals surface area contributed by atoms with Gasteiger partial charge in [-0.3, -0.25) is 5.10 Å². The topological polar surface area (TPSA) is 55.2 Å². The van der Waals surface area contributed by atoms with Crippen LogP contribution < -0.4 is 0 Å². The summed E-state index contributed by atoms with van der Waals surface area (Å²) < 4.78 is 8.60. The Bertz CT molecular complexity index is 941. The quantitative estimate of drug-likeness (QED) is 0.430. The highest BCUT2D eigenvalue weighted by molar-refractivity contribution is 7.98. The van der Waals surface area contributed by atoms with Gasteiger partial charge in [0.05, 0.1) is 17.6 Å². The molecule has 0 amide bonds. The van der Waals surface area contributed by atoms with Gasteiger partial charge in [-0.1, -0.05) is 18.7 Å². The van der Waals surface area contributed by atoms with Crippen LogP contribution in [0.25, 0.3) is 15.9 Å². The van der Waals surface area contributed by atoms with E-state index in [9.17, 15) is 0 Å². The van der Waals surface area contributed by atoms with Gasteiger partial charge < -0.3 is 4.74 Å². The molecule has 0 spiro atoms. The summed E-state index contributed by atoms with van der Waals surface area (Å²) in [6.07, 6.45) is 3.89. The number of rotatable bonds is 2. The first-order chi connectivity index (χ1) is 10.6. The molecular formula is C14H16N4OS3. The van der Waals surface area contributed by atoms with Crippen molar-refractivity contribution in [1.29, 1.82) is 0 Å². The number of hydrogen-bond acceptors (Lipinski definition) is 6. The number of aromatic nitrogens is 4. The van der Waals surface area contributed by atoms with Gasteiger partial charge in [-0.25, -0.2) is 9.38 Å². The maximum Gasteiger partial charge on any atom is 0.201 e. The van der Waals surface area contributed by atoms with E-state index < -0.39 is 0 Å². The lowest BCUT2D eigenvalue weighted by Gasteiger charge is -2.32. The summed E-state index contributed by atoms with van der Waals surface area (Å²) in [4.78, 5) is 7.09. The van der Waals surface area contributed by atoms with Crippen molar-refractivity contribution in [3.8, 4) is 0 Å². The SMILES string of the molecule is CCC1(C)Cc2c(sc3nc(SC)n4c(=S)[nH]nc4c23)CO1. The lowest BCUT2D eigenvalue weighted by atomic mass is 9.90. The van der Waals surface area contributed by atoms with Gasteiger partial charge >= 0.3 is 0 Å². The van der Waals surface area contributed by atoms with Crippen molar-refractivity contribution in [1.82, 2.24) is 19.6 Å². The van der Waals surface area contributed by atoms with Gasteiger partial charge in [0.15, 0.2) is 10.8 Å². The molecule has 1 N–H and O–H groups in total. The fourth-order valence-electron chi connectivity index (χ4n) is 2.92. The molecule has 0 aromatic carbocycles. The van der Waals surface area contributed by atoms with Gasteiger partial charge in [-0.15, -0.1) is 11.3 Å². The number of nitrogens with zero attached hydrogens (tertiary/aromatic N) is 3. The molecule has 3 aromatic heterocycles. The van der Waals surface area contributed by atoms with Crippen LogP contribution in [0, 0.1) is 4.77 Å². The minimum absolute atomic E-state index is 0.108. The number of thiophene rings is 1. The summed E-state index contributed by atoms with van der Waals surface area (Å²) in [5, 5.41) is 9.38. The van der Waals surface area contributed by atoms with E-state index in [1.807, 2.05) is 10.7 Å². The van der Waals surface area contributed by atoms with Crippen LogP contribution in [0.15, 0.2) is 5.16 Å². The summed E-state index contributed by atoms with van der Waals surface area (Å²) in [5.41, 5.74) is 2.11. The van der Waals surface area contributed by atoms with E-state index in [0.29, 0.717) is 11.4 Å². The molecule has 1 aliphatic rings. The lowest BCUT2D eigenvalue weighted by Crippen LogP contribution is -2.33. The van der Waals surface area contributed by atoms with Crippen molar-refractivity contribution in [2.45, 2.75) is 44.1 Å². The second-order valence-corrected chi connectivity index (χ2v) is 7.98. The zero-order valence-electron chi connectivity index (χ0n) is 12.6. The first-order valence-corrected chi connectivity index (χ1v) is 9.60. The Hall–Kier alpha value is -0.960. The van der Waals surface area contributed by atoms with Gasteiger partial charge in [0.25, 0.3) is 0 Å². The van der Waals surface area contributed by atoms with Gasteiger partial charge in [-0.05, 0) is 37.4 Å². The molecule has 22 heavy (non-hydrogen) atoms. The van der Waals surface area contributed by atoms with Gasteiger partial charge in [0.1, 0.15) is 4.83 Å². The molecule has 0 radical (unpaired) electrons. The highest BCUT2D eigenvalue weighted by atomic mass is 32.2. The maximum atomic E-state index is 6.07. The van der Waals surface area contributed by atoms with Crippen LogP contribution in [0.3, 0.4) is 0 Å². The van der Waals surface area contributed by atoms with Crippen LogP contribution in [0.4, 0.5) is 0 Å². The molecule has 8 heteroatoms. The molecule has 0 saturated heterocycles. The first-order valence-electron chi connectivity index (χ1n) is 7.15. The molecule has 0 fully saturated rings. The van der Waals surface area contributed by atoms with Crippen molar-refractivity contribution >= 4 is 51.2 Å². The second-order valence-electron chi connectivity index (χ2n) is 5.74. The summed E-state index contributed by atoms with van der Waals surface area (Å²) in [7, 11) is 0. The monoisotopic (exact) mass is 352 g/mol. The molecule has 3 aromatic rings. The van der Waals surface area contributed by atoms with Crippen LogP contribution in [-0.2, 0) is 17.8 Å². The molecule has 4 rings (SSSR count). The number of H-pyrrole nitrogens is 1. The van der Waals surface area contributed by atoms with Crippen molar-refractivity contribution < 1.29 is 4.74 Å². The van der Waals surface area contributed by atoms with E-state index in [-0.39, 0.29) is 5.60 Å². The molecule has 1 aliphatic heterocycles. The van der Waals surface area contributed by atoms with E-state index >= 15 is 0 Å². The summed E-state index contributed by atoms with van der Waals surface area (Å²) >= 11 is 8.67. The largest absolute Gasteiger partial charge is 0.369 e. The van der Waals surface area contributed by atoms with E-state index in [2.05, 4.69) is 24.0 Å². The number of thioether (sulfide) groups is 1. The predicted molar refractivity (Wildman–Crippen MR) is 92.5 cm³/mol. The minimum Gasteiger partial charge on any atom is -0.369 e. The molecule has 0 aliphatic carbocycles. The molecule has 0 bridgehead atoms. The molecule has 1 atom stereocenters. The Kier molecular flexibility index (Phi) is 3.34. The molecule has 5 nitrogen and oxygen atoms in total. The average molecular weight is 353 g/mol. The molecule has 116 valence electrons. The number of hydrogen-bond donors (Lipinski definition) is 1. The standard InChI is InChI=1S/C14H16N4OS3/c1-4-14(2)5-7-8(6-19-14)22-11-9(7)10-16-17-12(20)18(10)13(15-11)21-3/h4-6H2,1-3H3,(H,17,20). The zero-order valence-corrected chi connectivity index (χ0v) is 15.0. The van der Waals surface area contributed by atoms with Crippen LogP contribution in [0.2, 0.25) is 0 Å². The Labute approximate surface area is 141 Å². The van der Waals surface area contributed by atoms with E-state index in [0.717, 1.165) is 33.9 Å². The Balaban J connectivity index is 2.09. The molecule has 4 heterocycles. The lowest BCUT2D eigenvalue weighted by molar-refractivity contribution is -0.0542. The van der Waals surface area contributed by atoms with Gasteiger partial charge in [0, 0.05) is 11.3 Å². The van der Waals surface area contributed by atoms with Crippen LogP contribution in [0.5, 0.6) is 0 Å². The third-order valence-corrected chi connectivity index (χ3v) is 6.40. The van der Waals surface area contributed by atoms with Gasteiger partial charge in [0.2, 0.25) is 4.77 Å². The van der Waals surface area contributed by atoms with Crippen molar-refractivity contribution in [2.75, 3.05) is 6.26 Å².